The van der Waals surface area contributed by atoms with Gasteiger partial charge in [0.25, 0.3) is 0 Å². The minimum Gasteiger partial charge on any atom is -0.504 e. The van der Waals surface area contributed by atoms with Crippen LogP contribution in [0.25, 0.3) is 0 Å². The zero-order valence-electron chi connectivity index (χ0n) is 9.77. The van der Waals surface area contributed by atoms with Crippen molar-refractivity contribution in [2.75, 3.05) is 6.61 Å². The van der Waals surface area contributed by atoms with Crippen molar-refractivity contribution in [2.24, 2.45) is 5.92 Å². The molecule has 0 aromatic heterocycles. The molecule has 0 heterocycles. The van der Waals surface area contributed by atoms with Crippen LogP contribution in [0.3, 0.4) is 0 Å². The molecule has 1 saturated carbocycles. The zero-order valence-corrected chi connectivity index (χ0v) is 9.77. The Bertz CT molecular complexity index is 356. The molecule has 1 N–H and O–H groups in total. The molecule has 1 aliphatic carbocycles. The van der Waals surface area contributed by atoms with E-state index in [2.05, 4.69) is 0 Å². The molecule has 0 unspecified atom stereocenters. The second kappa shape index (κ2) is 4.64. The fourth-order valence-corrected chi connectivity index (χ4v) is 1.46. The highest BCUT2D eigenvalue weighted by molar-refractivity contribution is 5.44. The molecule has 3 nitrogen and oxygen atoms in total. The Morgan fingerprint density at radius 2 is 2.12 bits per heavy atom. The summed E-state index contributed by atoms with van der Waals surface area (Å²) in [4.78, 5) is 0. The van der Waals surface area contributed by atoms with Gasteiger partial charge in [-0.3, -0.25) is 0 Å². The monoisotopic (exact) mass is 222 g/mol. The smallest absolute Gasteiger partial charge is 0.161 e. The van der Waals surface area contributed by atoms with Gasteiger partial charge in [0.2, 0.25) is 0 Å². The van der Waals surface area contributed by atoms with E-state index < -0.39 is 0 Å². The standard InChI is InChI=1S/C13H18O3/c1-9(2)16-11-5-6-13(12(14)7-11)15-8-10-3-4-10/h5-7,9-10,14H,3-4,8H2,1-2H3. The molecule has 16 heavy (non-hydrogen) atoms. The highest BCUT2D eigenvalue weighted by atomic mass is 16.5. The summed E-state index contributed by atoms with van der Waals surface area (Å²) in [6.07, 6.45) is 2.60. The van der Waals surface area contributed by atoms with E-state index in [0.717, 1.165) is 0 Å². The summed E-state index contributed by atoms with van der Waals surface area (Å²) in [6, 6.07) is 5.18. The van der Waals surface area contributed by atoms with Crippen LogP contribution in [0.4, 0.5) is 0 Å². The molecule has 0 aliphatic heterocycles. The highest BCUT2D eigenvalue weighted by Crippen LogP contribution is 2.34. The summed E-state index contributed by atoms with van der Waals surface area (Å²) >= 11 is 0. The van der Waals surface area contributed by atoms with Crippen LogP contribution in [-0.4, -0.2) is 17.8 Å². The predicted molar refractivity (Wildman–Crippen MR) is 62.1 cm³/mol. The van der Waals surface area contributed by atoms with Crippen LogP contribution < -0.4 is 9.47 Å². The molecule has 0 amide bonds. The van der Waals surface area contributed by atoms with Crippen LogP contribution in [0.2, 0.25) is 0 Å². The summed E-state index contributed by atoms with van der Waals surface area (Å²) in [5, 5.41) is 9.73. The predicted octanol–water partition coefficient (Wildman–Crippen LogP) is 2.97. The third-order valence-electron chi connectivity index (χ3n) is 2.47. The van der Waals surface area contributed by atoms with E-state index >= 15 is 0 Å². The van der Waals surface area contributed by atoms with Crippen molar-refractivity contribution in [1.29, 1.82) is 0 Å². The lowest BCUT2D eigenvalue weighted by molar-refractivity contribution is 0.239. The molecular formula is C13H18O3. The summed E-state index contributed by atoms with van der Waals surface area (Å²) in [5.74, 6) is 2.05. The fraction of sp³-hybridized carbons (Fsp3) is 0.538. The summed E-state index contributed by atoms with van der Waals surface area (Å²) in [7, 11) is 0. The van der Waals surface area contributed by atoms with Crippen LogP contribution >= 0.6 is 0 Å². The zero-order chi connectivity index (χ0) is 11.5. The topological polar surface area (TPSA) is 38.7 Å². The van der Waals surface area contributed by atoms with Crippen molar-refractivity contribution in [3.63, 3.8) is 0 Å². The number of benzene rings is 1. The van der Waals surface area contributed by atoms with Crippen molar-refractivity contribution >= 4 is 0 Å². The number of rotatable bonds is 5. The van der Waals surface area contributed by atoms with Crippen LogP contribution in [0.1, 0.15) is 26.7 Å². The Labute approximate surface area is 96.0 Å². The van der Waals surface area contributed by atoms with Crippen molar-refractivity contribution in [3.8, 4) is 17.2 Å². The number of hydrogen-bond donors (Lipinski definition) is 1. The van der Waals surface area contributed by atoms with Gasteiger partial charge in [0.05, 0.1) is 12.7 Å². The van der Waals surface area contributed by atoms with E-state index in [1.807, 2.05) is 19.9 Å². The molecule has 0 spiro atoms. The van der Waals surface area contributed by atoms with Gasteiger partial charge >= 0.3 is 0 Å². The number of hydrogen-bond acceptors (Lipinski definition) is 3. The fourth-order valence-electron chi connectivity index (χ4n) is 1.46. The van der Waals surface area contributed by atoms with Crippen molar-refractivity contribution in [2.45, 2.75) is 32.8 Å². The molecule has 0 atom stereocenters. The first-order chi connectivity index (χ1) is 7.65. The number of ether oxygens (including phenoxy) is 2. The first-order valence-electron chi connectivity index (χ1n) is 5.77. The van der Waals surface area contributed by atoms with Gasteiger partial charge in [0.15, 0.2) is 11.5 Å². The largest absolute Gasteiger partial charge is 0.504 e. The summed E-state index contributed by atoms with van der Waals surface area (Å²) in [5.41, 5.74) is 0. The average Bonchev–Trinajstić information content (AvgIpc) is 2.99. The van der Waals surface area contributed by atoms with Crippen molar-refractivity contribution in [1.82, 2.24) is 0 Å². The molecule has 0 bridgehead atoms. The van der Waals surface area contributed by atoms with E-state index in [1.54, 1.807) is 12.1 Å². The Morgan fingerprint density at radius 3 is 2.69 bits per heavy atom. The Kier molecular flexibility index (Phi) is 3.22. The number of aromatic hydroxyl groups is 1. The van der Waals surface area contributed by atoms with Gasteiger partial charge < -0.3 is 14.6 Å². The van der Waals surface area contributed by atoms with E-state index in [0.29, 0.717) is 24.0 Å². The maximum atomic E-state index is 9.73. The first-order valence-corrected chi connectivity index (χ1v) is 5.77. The van der Waals surface area contributed by atoms with Gasteiger partial charge in [-0.25, -0.2) is 0 Å². The molecule has 0 saturated heterocycles. The minimum atomic E-state index is 0.109. The Balaban J connectivity index is 1.97. The van der Waals surface area contributed by atoms with E-state index in [9.17, 15) is 5.11 Å². The van der Waals surface area contributed by atoms with Gasteiger partial charge in [-0.15, -0.1) is 0 Å². The molecule has 1 aliphatic rings. The molecule has 2 rings (SSSR count). The lowest BCUT2D eigenvalue weighted by atomic mass is 10.3. The maximum absolute atomic E-state index is 9.73. The molecule has 88 valence electrons. The quantitative estimate of drug-likeness (QED) is 0.832. The highest BCUT2D eigenvalue weighted by Gasteiger charge is 2.22. The minimum absolute atomic E-state index is 0.109. The second-order valence-corrected chi connectivity index (χ2v) is 4.55. The molecule has 1 fully saturated rings. The van der Waals surface area contributed by atoms with Crippen molar-refractivity contribution in [3.05, 3.63) is 18.2 Å². The van der Waals surface area contributed by atoms with Gasteiger partial charge in [-0.1, -0.05) is 0 Å². The van der Waals surface area contributed by atoms with E-state index in [-0.39, 0.29) is 11.9 Å². The number of phenolic OH excluding ortho intramolecular Hbond substituents is 1. The van der Waals surface area contributed by atoms with Gasteiger partial charge in [0, 0.05) is 6.07 Å². The van der Waals surface area contributed by atoms with E-state index in [4.69, 9.17) is 9.47 Å². The Hall–Kier alpha value is -1.38. The average molecular weight is 222 g/mol. The third kappa shape index (κ3) is 3.05. The molecule has 3 heteroatoms. The van der Waals surface area contributed by atoms with Crippen LogP contribution in [0.15, 0.2) is 18.2 Å². The Morgan fingerprint density at radius 1 is 1.38 bits per heavy atom. The summed E-state index contributed by atoms with van der Waals surface area (Å²) in [6.45, 7) is 4.61. The van der Waals surface area contributed by atoms with Crippen LogP contribution in [-0.2, 0) is 0 Å². The molecule has 1 aromatic rings. The van der Waals surface area contributed by atoms with Gasteiger partial charge in [-0.2, -0.15) is 0 Å². The number of phenols is 1. The van der Waals surface area contributed by atoms with Crippen LogP contribution in [0, 0.1) is 5.92 Å². The first kappa shape index (κ1) is 11.1. The third-order valence-corrected chi connectivity index (χ3v) is 2.47. The van der Waals surface area contributed by atoms with E-state index in [1.165, 1.54) is 12.8 Å². The van der Waals surface area contributed by atoms with Crippen molar-refractivity contribution < 1.29 is 14.6 Å². The van der Waals surface area contributed by atoms with Gasteiger partial charge in [-0.05, 0) is 44.7 Å². The SMILES string of the molecule is CC(C)Oc1ccc(OCC2CC2)c(O)c1. The summed E-state index contributed by atoms with van der Waals surface area (Å²) < 4.78 is 11.0. The maximum Gasteiger partial charge on any atom is 0.161 e. The lowest BCUT2D eigenvalue weighted by Gasteiger charge is -2.12. The lowest BCUT2D eigenvalue weighted by Crippen LogP contribution is -2.05. The van der Waals surface area contributed by atoms with Gasteiger partial charge in [0.1, 0.15) is 5.75 Å². The normalized spacial score (nSPS) is 15.2. The van der Waals surface area contributed by atoms with Crippen LogP contribution in [0.5, 0.6) is 17.2 Å². The second-order valence-electron chi connectivity index (χ2n) is 4.55. The molecule has 1 aromatic carbocycles. The molecule has 0 radical (unpaired) electrons. The molecular weight excluding hydrogens is 204 g/mol.